The molecule has 0 bridgehead atoms. The van der Waals surface area contributed by atoms with Crippen molar-refractivity contribution in [3.8, 4) is 5.75 Å². The second-order valence-corrected chi connectivity index (χ2v) is 7.58. The van der Waals surface area contributed by atoms with Crippen LogP contribution in [0, 0.1) is 5.92 Å². The van der Waals surface area contributed by atoms with Gasteiger partial charge in [0.2, 0.25) is 0 Å². The molecule has 0 spiro atoms. The Bertz CT molecular complexity index is 731. The summed E-state index contributed by atoms with van der Waals surface area (Å²) >= 11 is 0. The van der Waals surface area contributed by atoms with Gasteiger partial charge in [-0.05, 0) is 24.8 Å². The van der Waals surface area contributed by atoms with Gasteiger partial charge in [-0.15, -0.1) is 0 Å². The molecule has 0 saturated heterocycles. The van der Waals surface area contributed by atoms with Crippen molar-refractivity contribution in [2.45, 2.75) is 58.0 Å². The van der Waals surface area contributed by atoms with E-state index in [-0.39, 0.29) is 23.3 Å². The minimum Gasteiger partial charge on any atom is -0.503 e. The smallest absolute Gasteiger partial charge is 0.290 e. The van der Waals surface area contributed by atoms with E-state index in [1.54, 1.807) is 12.0 Å². The number of Topliss-reactive ketones (excluding diaryl/α,β-unsaturated/α-hetero) is 1. The van der Waals surface area contributed by atoms with E-state index >= 15 is 0 Å². The molecule has 1 N–H and O–H groups in total. The third-order valence-corrected chi connectivity index (χ3v) is 5.29. The third kappa shape index (κ3) is 3.22. The lowest BCUT2D eigenvalue weighted by Gasteiger charge is -2.32. The Hall–Kier alpha value is -2.30. The molecule has 1 atom stereocenters. The van der Waals surface area contributed by atoms with Gasteiger partial charge in [0, 0.05) is 18.0 Å². The molecule has 26 heavy (non-hydrogen) atoms. The van der Waals surface area contributed by atoms with Crippen molar-refractivity contribution >= 4 is 11.7 Å². The van der Waals surface area contributed by atoms with Crippen LogP contribution < -0.4 is 4.74 Å². The summed E-state index contributed by atoms with van der Waals surface area (Å²) in [5.41, 5.74) is 0.978. The largest absolute Gasteiger partial charge is 0.503 e. The SMILES string of the molecule is COc1ccccc1C1C(C(=O)CC(C)C)=C(O)C(=O)N1C1CCCC1. The standard InChI is InChI=1S/C21H27NO4/c1-13(2)12-16(23)18-19(15-10-6-7-11-17(15)26-3)22(21(25)20(18)24)14-8-4-5-9-14/h6-7,10-11,13-14,19,24H,4-5,8-9,12H2,1-3H3. The molecule has 2 aliphatic rings. The first-order chi connectivity index (χ1) is 12.5. The molecule has 1 aromatic carbocycles. The average molecular weight is 357 g/mol. The Labute approximate surface area is 154 Å². The molecule has 0 radical (unpaired) electrons. The van der Waals surface area contributed by atoms with Crippen molar-refractivity contribution in [1.82, 2.24) is 4.90 Å². The maximum atomic E-state index is 12.9. The number of hydrogen-bond acceptors (Lipinski definition) is 4. The summed E-state index contributed by atoms with van der Waals surface area (Å²) < 4.78 is 5.49. The number of nitrogens with zero attached hydrogens (tertiary/aromatic N) is 1. The molecule has 3 rings (SSSR count). The molecule has 5 heteroatoms. The number of methoxy groups -OCH3 is 1. The Morgan fingerprint density at radius 3 is 2.54 bits per heavy atom. The molecule has 1 aliphatic heterocycles. The van der Waals surface area contributed by atoms with E-state index < -0.39 is 17.7 Å². The zero-order chi connectivity index (χ0) is 18.8. The number of benzene rings is 1. The van der Waals surface area contributed by atoms with Crippen LogP contribution in [0.25, 0.3) is 0 Å². The van der Waals surface area contributed by atoms with Crippen LogP contribution in [-0.4, -0.2) is 34.8 Å². The van der Waals surface area contributed by atoms with Crippen LogP contribution in [0.4, 0.5) is 0 Å². The van der Waals surface area contributed by atoms with Gasteiger partial charge in [0.15, 0.2) is 11.5 Å². The molecule has 1 fully saturated rings. The van der Waals surface area contributed by atoms with Gasteiger partial charge < -0.3 is 14.7 Å². The maximum Gasteiger partial charge on any atom is 0.290 e. The van der Waals surface area contributed by atoms with Gasteiger partial charge in [-0.1, -0.05) is 44.9 Å². The van der Waals surface area contributed by atoms with Crippen molar-refractivity contribution in [1.29, 1.82) is 0 Å². The Kier molecular flexibility index (Phi) is 5.35. The number of ether oxygens (including phenoxy) is 1. The predicted octanol–water partition coefficient (Wildman–Crippen LogP) is 3.95. The van der Waals surface area contributed by atoms with Gasteiger partial charge in [-0.2, -0.15) is 0 Å². The summed E-state index contributed by atoms with van der Waals surface area (Å²) in [5, 5.41) is 10.6. The third-order valence-electron chi connectivity index (χ3n) is 5.29. The second kappa shape index (κ2) is 7.52. The van der Waals surface area contributed by atoms with Crippen LogP contribution in [0.3, 0.4) is 0 Å². The van der Waals surface area contributed by atoms with Crippen LogP contribution in [0.5, 0.6) is 5.75 Å². The fourth-order valence-electron chi connectivity index (χ4n) is 4.15. The number of amides is 1. The summed E-state index contributed by atoms with van der Waals surface area (Å²) in [4.78, 5) is 27.5. The van der Waals surface area contributed by atoms with Gasteiger partial charge in [-0.25, -0.2) is 0 Å². The summed E-state index contributed by atoms with van der Waals surface area (Å²) in [7, 11) is 1.58. The van der Waals surface area contributed by atoms with Gasteiger partial charge in [0.1, 0.15) is 5.75 Å². The van der Waals surface area contributed by atoms with E-state index in [0.717, 1.165) is 31.2 Å². The molecule has 1 amide bonds. The lowest BCUT2D eigenvalue weighted by molar-refractivity contribution is -0.131. The van der Waals surface area contributed by atoms with E-state index in [9.17, 15) is 14.7 Å². The topological polar surface area (TPSA) is 66.8 Å². The molecule has 0 aromatic heterocycles. The zero-order valence-corrected chi connectivity index (χ0v) is 15.7. The van der Waals surface area contributed by atoms with Crippen LogP contribution in [0.2, 0.25) is 0 Å². The Morgan fingerprint density at radius 1 is 1.27 bits per heavy atom. The average Bonchev–Trinajstić information content (AvgIpc) is 3.21. The number of carbonyl (C=O) groups excluding carboxylic acids is 2. The second-order valence-electron chi connectivity index (χ2n) is 7.58. The van der Waals surface area contributed by atoms with E-state index in [4.69, 9.17) is 4.74 Å². The number of carbonyl (C=O) groups is 2. The lowest BCUT2D eigenvalue weighted by atomic mass is 9.91. The summed E-state index contributed by atoms with van der Waals surface area (Å²) in [6.45, 7) is 3.91. The highest BCUT2D eigenvalue weighted by atomic mass is 16.5. The van der Waals surface area contributed by atoms with Crippen LogP contribution in [-0.2, 0) is 9.59 Å². The monoisotopic (exact) mass is 357 g/mol. The van der Waals surface area contributed by atoms with Crippen molar-refractivity contribution in [3.05, 3.63) is 41.2 Å². The van der Waals surface area contributed by atoms with Crippen LogP contribution in [0.15, 0.2) is 35.6 Å². The highest BCUT2D eigenvalue weighted by Gasteiger charge is 2.47. The summed E-state index contributed by atoms with van der Waals surface area (Å²) in [5.74, 6) is -0.213. The van der Waals surface area contributed by atoms with E-state index in [0.29, 0.717) is 12.2 Å². The minimum atomic E-state index is -0.576. The normalized spacial score (nSPS) is 21.2. The highest BCUT2D eigenvalue weighted by molar-refractivity contribution is 6.09. The summed E-state index contributed by atoms with van der Waals surface area (Å²) in [6.07, 6.45) is 4.22. The lowest BCUT2D eigenvalue weighted by Crippen LogP contribution is -2.38. The van der Waals surface area contributed by atoms with E-state index in [2.05, 4.69) is 0 Å². The fraction of sp³-hybridized carbons (Fsp3) is 0.524. The quantitative estimate of drug-likeness (QED) is 0.837. The predicted molar refractivity (Wildman–Crippen MR) is 99.0 cm³/mol. The molecule has 1 unspecified atom stereocenters. The number of aliphatic hydroxyl groups excluding tert-OH is 1. The highest BCUT2D eigenvalue weighted by Crippen LogP contribution is 2.45. The first-order valence-corrected chi connectivity index (χ1v) is 9.37. The fourth-order valence-corrected chi connectivity index (χ4v) is 4.15. The molecule has 1 aromatic rings. The van der Waals surface area contributed by atoms with Gasteiger partial charge >= 0.3 is 0 Å². The number of para-hydroxylation sites is 1. The van der Waals surface area contributed by atoms with Crippen LogP contribution >= 0.6 is 0 Å². The Morgan fingerprint density at radius 2 is 1.92 bits per heavy atom. The maximum absolute atomic E-state index is 12.9. The number of ketones is 1. The van der Waals surface area contributed by atoms with Crippen molar-refractivity contribution in [3.63, 3.8) is 0 Å². The van der Waals surface area contributed by atoms with Crippen molar-refractivity contribution < 1.29 is 19.4 Å². The summed E-state index contributed by atoms with van der Waals surface area (Å²) in [6, 6.07) is 6.90. The molecule has 1 saturated carbocycles. The molecule has 140 valence electrons. The van der Waals surface area contributed by atoms with E-state index in [1.807, 2.05) is 38.1 Å². The van der Waals surface area contributed by atoms with Crippen molar-refractivity contribution in [2.24, 2.45) is 5.92 Å². The van der Waals surface area contributed by atoms with Gasteiger partial charge in [-0.3, -0.25) is 9.59 Å². The molecule has 1 heterocycles. The molecular formula is C21H27NO4. The Balaban J connectivity index is 2.10. The van der Waals surface area contributed by atoms with Gasteiger partial charge in [0.05, 0.1) is 18.7 Å². The number of rotatable bonds is 6. The number of aliphatic hydroxyl groups is 1. The van der Waals surface area contributed by atoms with Gasteiger partial charge in [0.25, 0.3) is 5.91 Å². The zero-order valence-electron chi connectivity index (χ0n) is 15.7. The first-order valence-electron chi connectivity index (χ1n) is 9.37. The number of hydrogen-bond donors (Lipinski definition) is 1. The molecule has 5 nitrogen and oxygen atoms in total. The molecule has 1 aliphatic carbocycles. The molecular weight excluding hydrogens is 330 g/mol. The minimum absolute atomic E-state index is 0.0453. The first kappa shape index (κ1) is 18.5. The van der Waals surface area contributed by atoms with Crippen LogP contribution in [0.1, 0.15) is 57.6 Å². The van der Waals surface area contributed by atoms with Crippen molar-refractivity contribution in [2.75, 3.05) is 7.11 Å². The van der Waals surface area contributed by atoms with E-state index in [1.165, 1.54) is 0 Å².